The topological polar surface area (TPSA) is 91.4 Å². The van der Waals surface area contributed by atoms with E-state index in [0.29, 0.717) is 39.3 Å². The maximum absolute atomic E-state index is 12.5. The number of carbonyl (C=O) groups excluding carboxylic acids is 3. The highest BCUT2D eigenvalue weighted by atomic mass is 16.6. The van der Waals surface area contributed by atoms with Gasteiger partial charge in [0.2, 0.25) is 5.91 Å². The van der Waals surface area contributed by atoms with Crippen LogP contribution in [0.1, 0.15) is 13.3 Å². The monoisotopic (exact) mass is 390 g/mol. The normalized spacial score (nSPS) is 19.6. The third-order valence-corrected chi connectivity index (χ3v) is 4.93. The number of rotatable bonds is 4. The second-order valence-electron chi connectivity index (χ2n) is 6.73. The molecule has 1 unspecified atom stereocenters. The van der Waals surface area contributed by atoms with E-state index < -0.39 is 0 Å². The van der Waals surface area contributed by atoms with Crippen molar-refractivity contribution in [2.75, 3.05) is 51.3 Å². The summed E-state index contributed by atoms with van der Waals surface area (Å²) in [5.74, 6) is 0.699. The fourth-order valence-corrected chi connectivity index (χ4v) is 3.39. The van der Waals surface area contributed by atoms with Crippen molar-refractivity contribution in [1.29, 1.82) is 0 Å². The summed E-state index contributed by atoms with van der Waals surface area (Å²) in [6.45, 7) is 4.28. The van der Waals surface area contributed by atoms with Crippen LogP contribution < -0.4 is 15.0 Å². The number of anilines is 1. The van der Waals surface area contributed by atoms with Gasteiger partial charge in [-0.3, -0.25) is 4.79 Å². The molecule has 0 radical (unpaired) electrons. The largest absolute Gasteiger partial charge is 0.497 e. The van der Waals surface area contributed by atoms with Crippen LogP contribution in [0.4, 0.5) is 15.3 Å². The zero-order chi connectivity index (χ0) is 20.1. The highest BCUT2D eigenvalue weighted by Crippen LogP contribution is 2.24. The molecule has 152 valence electrons. The Labute approximate surface area is 164 Å². The van der Waals surface area contributed by atoms with Gasteiger partial charge in [-0.15, -0.1) is 0 Å². The molecular weight excluding hydrogens is 364 g/mol. The molecule has 0 aliphatic carbocycles. The van der Waals surface area contributed by atoms with Crippen LogP contribution in [-0.2, 0) is 9.53 Å². The van der Waals surface area contributed by atoms with Crippen LogP contribution in [0.15, 0.2) is 24.3 Å². The molecule has 2 saturated heterocycles. The predicted octanol–water partition coefficient (Wildman–Crippen LogP) is 1.28. The molecule has 2 aliphatic rings. The molecular formula is C19H26N4O5. The maximum Gasteiger partial charge on any atom is 0.409 e. The van der Waals surface area contributed by atoms with Gasteiger partial charge in [0.05, 0.1) is 19.8 Å². The fraction of sp³-hybridized carbons (Fsp3) is 0.526. The third-order valence-electron chi connectivity index (χ3n) is 4.93. The van der Waals surface area contributed by atoms with Gasteiger partial charge in [-0.05, 0) is 31.2 Å². The Bertz CT molecular complexity index is 716. The van der Waals surface area contributed by atoms with Crippen LogP contribution in [0.2, 0.25) is 0 Å². The van der Waals surface area contributed by atoms with Crippen LogP contribution >= 0.6 is 0 Å². The molecule has 28 heavy (non-hydrogen) atoms. The Balaban J connectivity index is 1.50. The van der Waals surface area contributed by atoms with Crippen LogP contribution in [0.3, 0.4) is 0 Å². The molecule has 1 aromatic rings. The number of hydrogen-bond acceptors (Lipinski definition) is 5. The summed E-state index contributed by atoms with van der Waals surface area (Å²) in [7, 11) is 1.59. The Morgan fingerprint density at radius 1 is 1.11 bits per heavy atom. The average Bonchev–Trinajstić information content (AvgIpc) is 3.08. The molecule has 1 aromatic carbocycles. The van der Waals surface area contributed by atoms with Gasteiger partial charge in [0.15, 0.2) is 0 Å². The first kappa shape index (κ1) is 19.8. The van der Waals surface area contributed by atoms with Gasteiger partial charge in [0, 0.05) is 44.8 Å². The zero-order valence-corrected chi connectivity index (χ0v) is 16.2. The van der Waals surface area contributed by atoms with E-state index >= 15 is 0 Å². The van der Waals surface area contributed by atoms with Crippen molar-refractivity contribution in [3.05, 3.63) is 24.3 Å². The van der Waals surface area contributed by atoms with Crippen molar-refractivity contribution in [2.24, 2.45) is 0 Å². The average molecular weight is 390 g/mol. The molecule has 0 saturated carbocycles. The SMILES string of the molecule is CCOC(=O)N1CCN(C(=O)NC2CC(=O)N(c3ccc(OC)cc3)C2)CC1. The van der Waals surface area contributed by atoms with Gasteiger partial charge >= 0.3 is 12.1 Å². The number of carbonyl (C=O) groups is 3. The Morgan fingerprint density at radius 2 is 1.75 bits per heavy atom. The Hall–Kier alpha value is -2.97. The minimum absolute atomic E-state index is 0.0254. The molecule has 1 N–H and O–H groups in total. The molecule has 2 aliphatic heterocycles. The molecule has 9 nitrogen and oxygen atoms in total. The van der Waals surface area contributed by atoms with Crippen LogP contribution in [0, 0.1) is 0 Å². The second-order valence-corrected chi connectivity index (χ2v) is 6.73. The van der Waals surface area contributed by atoms with Crippen molar-refractivity contribution in [2.45, 2.75) is 19.4 Å². The number of amides is 4. The second kappa shape index (κ2) is 8.81. The van der Waals surface area contributed by atoms with E-state index in [9.17, 15) is 14.4 Å². The molecule has 4 amide bonds. The summed E-state index contributed by atoms with van der Waals surface area (Å²) < 4.78 is 10.1. The summed E-state index contributed by atoms with van der Waals surface area (Å²) in [5.41, 5.74) is 0.783. The summed E-state index contributed by atoms with van der Waals surface area (Å²) in [5, 5.41) is 2.94. The van der Waals surface area contributed by atoms with Gasteiger partial charge in [-0.2, -0.15) is 0 Å². The Kier molecular flexibility index (Phi) is 6.23. The number of nitrogens with one attached hydrogen (secondary N) is 1. The number of hydrogen-bond donors (Lipinski definition) is 1. The highest BCUT2D eigenvalue weighted by Gasteiger charge is 2.33. The number of methoxy groups -OCH3 is 1. The third kappa shape index (κ3) is 4.47. The lowest BCUT2D eigenvalue weighted by atomic mass is 10.2. The van der Waals surface area contributed by atoms with E-state index in [1.807, 2.05) is 12.1 Å². The summed E-state index contributed by atoms with van der Waals surface area (Å²) in [4.78, 5) is 41.5. The number of benzene rings is 1. The molecule has 3 rings (SSSR count). The highest BCUT2D eigenvalue weighted by molar-refractivity contribution is 5.96. The summed E-state index contributed by atoms with van der Waals surface area (Å²) in [6, 6.07) is 6.81. The first-order valence-corrected chi connectivity index (χ1v) is 9.43. The maximum atomic E-state index is 12.5. The van der Waals surface area contributed by atoms with E-state index in [2.05, 4.69) is 5.32 Å². The summed E-state index contributed by atoms with van der Waals surface area (Å²) in [6.07, 6.45) is -0.0836. The molecule has 2 fully saturated rings. The zero-order valence-electron chi connectivity index (χ0n) is 16.2. The minimum Gasteiger partial charge on any atom is -0.497 e. The van der Waals surface area contributed by atoms with Gasteiger partial charge in [0.1, 0.15) is 5.75 Å². The van der Waals surface area contributed by atoms with Crippen molar-refractivity contribution in [3.8, 4) is 5.75 Å². The quantitative estimate of drug-likeness (QED) is 0.836. The van der Waals surface area contributed by atoms with E-state index in [1.165, 1.54) is 0 Å². The van der Waals surface area contributed by atoms with Crippen molar-refractivity contribution >= 4 is 23.7 Å². The van der Waals surface area contributed by atoms with Gasteiger partial charge in [0.25, 0.3) is 0 Å². The minimum atomic E-state index is -0.348. The van der Waals surface area contributed by atoms with Crippen LogP contribution in [-0.4, -0.2) is 80.3 Å². The number of ether oxygens (including phenoxy) is 2. The fourth-order valence-electron chi connectivity index (χ4n) is 3.39. The molecule has 2 heterocycles. The molecule has 0 aromatic heterocycles. The molecule has 0 bridgehead atoms. The van der Waals surface area contributed by atoms with Crippen LogP contribution in [0.5, 0.6) is 5.75 Å². The van der Waals surface area contributed by atoms with Gasteiger partial charge < -0.3 is 29.5 Å². The van der Waals surface area contributed by atoms with Gasteiger partial charge in [-0.25, -0.2) is 9.59 Å². The predicted molar refractivity (Wildman–Crippen MR) is 102 cm³/mol. The molecule has 0 spiro atoms. The molecule has 1 atom stereocenters. The van der Waals surface area contributed by atoms with E-state index in [4.69, 9.17) is 9.47 Å². The van der Waals surface area contributed by atoms with Crippen molar-refractivity contribution in [3.63, 3.8) is 0 Å². The standard InChI is InChI=1S/C19H26N4O5/c1-3-28-19(26)22-10-8-21(9-11-22)18(25)20-14-12-17(24)23(13-14)15-4-6-16(27-2)7-5-15/h4-7,14H,3,8-13H2,1-2H3,(H,20,25). The molecule has 9 heteroatoms. The van der Waals surface area contributed by atoms with Crippen molar-refractivity contribution < 1.29 is 23.9 Å². The number of piperazine rings is 1. The number of urea groups is 1. The lowest BCUT2D eigenvalue weighted by Crippen LogP contribution is -2.54. The first-order valence-electron chi connectivity index (χ1n) is 9.43. The lowest BCUT2D eigenvalue weighted by Gasteiger charge is -2.34. The Morgan fingerprint density at radius 3 is 2.36 bits per heavy atom. The lowest BCUT2D eigenvalue weighted by molar-refractivity contribution is -0.117. The van der Waals surface area contributed by atoms with E-state index in [0.717, 1.165) is 11.4 Å². The van der Waals surface area contributed by atoms with Crippen molar-refractivity contribution in [1.82, 2.24) is 15.1 Å². The van der Waals surface area contributed by atoms with Crippen LogP contribution in [0.25, 0.3) is 0 Å². The van der Waals surface area contributed by atoms with E-state index in [-0.39, 0.29) is 30.5 Å². The van der Waals surface area contributed by atoms with E-state index in [1.54, 1.807) is 40.9 Å². The summed E-state index contributed by atoms with van der Waals surface area (Å²) >= 11 is 0. The smallest absolute Gasteiger partial charge is 0.409 e. The van der Waals surface area contributed by atoms with Gasteiger partial charge in [-0.1, -0.05) is 0 Å². The first-order chi connectivity index (χ1) is 13.5. The number of nitrogens with zero attached hydrogens (tertiary/aromatic N) is 3.